The maximum atomic E-state index is 11.9. The normalized spacial score (nSPS) is 11.0. The molecule has 3 rings (SSSR count). The van der Waals surface area contributed by atoms with Crippen LogP contribution in [-0.2, 0) is 11.3 Å². The van der Waals surface area contributed by atoms with E-state index >= 15 is 0 Å². The molecule has 3 N–H and O–H groups in total. The largest absolute Gasteiger partial charge is 0.352 e. The molecule has 0 saturated carbocycles. The van der Waals surface area contributed by atoms with Crippen molar-refractivity contribution in [3.05, 3.63) is 54.1 Å². The van der Waals surface area contributed by atoms with E-state index in [1.165, 1.54) is 0 Å². The highest BCUT2D eigenvalue weighted by atomic mass is 16.1. The van der Waals surface area contributed by atoms with Crippen LogP contribution >= 0.6 is 0 Å². The molecule has 3 aromatic rings. The molecule has 0 aliphatic heterocycles. The molecule has 124 valence electrons. The van der Waals surface area contributed by atoms with E-state index in [0.717, 1.165) is 28.2 Å². The van der Waals surface area contributed by atoms with Crippen LogP contribution < -0.4 is 10.6 Å². The van der Waals surface area contributed by atoms with Crippen molar-refractivity contribution in [3.63, 3.8) is 0 Å². The van der Waals surface area contributed by atoms with Crippen molar-refractivity contribution < 1.29 is 4.79 Å². The van der Waals surface area contributed by atoms with E-state index in [1.807, 2.05) is 62.4 Å². The molecular weight excluding hydrogens is 300 g/mol. The lowest BCUT2D eigenvalue weighted by Gasteiger charge is -2.09. The first kappa shape index (κ1) is 16.1. The van der Waals surface area contributed by atoms with Crippen LogP contribution in [0.3, 0.4) is 0 Å². The van der Waals surface area contributed by atoms with Gasteiger partial charge in [0.05, 0.1) is 11.0 Å². The van der Waals surface area contributed by atoms with Gasteiger partial charge in [0, 0.05) is 18.7 Å². The average molecular weight is 322 g/mol. The lowest BCUT2D eigenvalue weighted by atomic mass is 10.1. The number of nitrogens with one attached hydrogen (secondary N) is 3. The third kappa shape index (κ3) is 4.13. The Bertz CT molecular complexity index is 805. The molecule has 2 aromatic carbocycles. The van der Waals surface area contributed by atoms with Crippen molar-refractivity contribution in [1.29, 1.82) is 0 Å². The molecule has 0 unspecified atom stereocenters. The Hall–Kier alpha value is -2.82. The standard InChI is InChI=1S/C19H22N4O/c1-13(2)10-18(24)21-15-7-5-6-14(11-15)12-20-19-22-16-8-3-4-9-17(16)23-19/h3-9,11,13H,10,12H2,1-2H3,(H,21,24)(H2,20,22,23). The number of para-hydroxylation sites is 2. The Morgan fingerprint density at radius 2 is 2.00 bits per heavy atom. The summed E-state index contributed by atoms with van der Waals surface area (Å²) in [5, 5.41) is 6.23. The van der Waals surface area contributed by atoms with Crippen molar-refractivity contribution >= 4 is 28.6 Å². The van der Waals surface area contributed by atoms with E-state index in [-0.39, 0.29) is 5.91 Å². The Morgan fingerprint density at radius 3 is 2.79 bits per heavy atom. The minimum atomic E-state index is 0.0485. The predicted molar refractivity (Wildman–Crippen MR) is 97.9 cm³/mol. The fourth-order valence-electron chi connectivity index (χ4n) is 2.56. The third-order valence-corrected chi connectivity index (χ3v) is 3.65. The first-order chi connectivity index (χ1) is 11.6. The van der Waals surface area contributed by atoms with Crippen molar-refractivity contribution in [2.24, 2.45) is 5.92 Å². The van der Waals surface area contributed by atoms with E-state index in [0.29, 0.717) is 18.9 Å². The van der Waals surface area contributed by atoms with Crippen molar-refractivity contribution in [2.75, 3.05) is 10.6 Å². The van der Waals surface area contributed by atoms with E-state index in [2.05, 4.69) is 20.6 Å². The zero-order valence-electron chi connectivity index (χ0n) is 14.0. The summed E-state index contributed by atoms with van der Waals surface area (Å²) >= 11 is 0. The highest BCUT2D eigenvalue weighted by Gasteiger charge is 2.06. The molecular formula is C19H22N4O. The second kappa shape index (κ2) is 7.17. The monoisotopic (exact) mass is 322 g/mol. The van der Waals surface area contributed by atoms with E-state index < -0.39 is 0 Å². The first-order valence-electron chi connectivity index (χ1n) is 8.17. The molecule has 1 aromatic heterocycles. The fourth-order valence-corrected chi connectivity index (χ4v) is 2.56. The number of imidazole rings is 1. The van der Waals surface area contributed by atoms with Crippen LogP contribution in [0.5, 0.6) is 0 Å². The summed E-state index contributed by atoms with van der Waals surface area (Å²) in [6.07, 6.45) is 0.529. The number of anilines is 2. The number of rotatable bonds is 6. The van der Waals surface area contributed by atoms with Gasteiger partial charge >= 0.3 is 0 Å². The number of aromatic amines is 1. The van der Waals surface area contributed by atoms with Gasteiger partial charge < -0.3 is 15.6 Å². The Morgan fingerprint density at radius 1 is 1.17 bits per heavy atom. The van der Waals surface area contributed by atoms with Gasteiger partial charge in [0.25, 0.3) is 0 Å². The van der Waals surface area contributed by atoms with Gasteiger partial charge in [0.2, 0.25) is 11.9 Å². The van der Waals surface area contributed by atoms with Crippen molar-refractivity contribution in [2.45, 2.75) is 26.8 Å². The van der Waals surface area contributed by atoms with Gasteiger partial charge in [-0.1, -0.05) is 38.1 Å². The van der Waals surface area contributed by atoms with Gasteiger partial charge in [-0.25, -0.2) is 4.98 Å². The number of hydrogen-bond donors (Lipinski definition) is 3. The zero-order valence-corrected chi connectivity index (χ0v) is 14.0. The third-order valence-electron chi connectivity index (χ3n) is 3.65. The number of H-pyrrole nitrogens is 1. The number of hydrogen-bond acceptors (Lipinski definition) is 3. The predicted octanol–water partition coefficient (Wildman–Crippen LogP) is 4.16. The van der Waals surface area contributed by atoms with Gasteiger partial charge in [-0.3, -0.25) is 4.79 Å². The second-order valence-electron chi connectivity index (χ2n) is 6.30. The number of benzene rings is 2. The molecule has 5 heteroatoms. The molecule has 24 heavy (non-hydrogen) atoms. The molecule has 0 aliphatic rings. The lowest BCUT2D eigenvalue weighted by molar-refractivity contribution is -0.116. The summed E-state index contributed by atoms with van der Waals surface area (Å²) in [6.45, 7) is 4.70. The SMILES string of the molecule is CC(C)CC(=O)Nc1cccc(CNc2nc3ccccc3[nH]2)c1. The quantitative estimate of drug-likeness (QED) is 0.638. The molecule has 0 saturated heterocycles. The Labute approximate surface area is 141 Å². The molecule has 0 radical (unpaired) electrons. The summed E-state index contributed by atoms with van der Waals surface area (Å²) in [5.74, 6) is 1.14. The second-order valence-corrected chi connectivity index (χ2v) is 6.30. The number of fused-ring (bicyclic) bond motifs is 1. The van der Waals surface area contributed by atoms with E-state index in [4.69, 9.17) is 0 Å². The lowest BCUT2D eigenvalue weighted by Crippen LogP contribution is -2.14. The summed E-state index contributed by atoms with van der Waals surface area (Å²) in [4.78, 5) is 19.6. The number of aromatic nitrogens is 2. The fraction of sp³-hybridized carbons (Fsp3) is 0.263. The molecule has 0 bridgehead atoms. The van der Waals surface area contributed by atoms with E-state index in [1.54, 1.807) is 0 Å². The number of amides is 1. The summed E-state index contributed by atoms with van der Waals surface area (Å²) < 4.78 is 0. The maximum absolute atomic E-state index is 11.9. The van der Waals surface area contributed by atoms with E-state index in [9.17, 15) is 4.79 Å². The first-order valence-corrected chi connectivity index (χ1v) is 8.17. The van der Waals surface area contributed by atoms with Crippen LogP contribution in [0.15, 0.2) is 48.5 Å². The molecule has 0 aliphatic carbocycles. The van der Waals surface area contributed by atoms with Crippen LogP contribution in [0, 0.1) is 5.92 Å². The zero-order chi connectivity index (χ0) is 16.9. The minimum Gasteiger partial charge on any atom is -0.352 e. The average Bonchev–Trinajstić information content (AvgIpc) is 2.95. The summed E-state index contributed by atoms with van der Waals surface area (Å²) in [6, 6.07) is 15.8. The van der Waals surface area contributed by atoms with Gasteiger partial charge in [0.1, 0.15) is 0 Å². The molecule has 0 fully saturated rings. The van der Waals surface area contributed by atoms with Gasteiger partial charge in [-0.2, -0.15) is 0 Å². The van der Waals surface area contributed by atoms with Crippen LogP contribution in [-0.4, -0.2) is 15.9 Å². The van der Waals surface area contributed by atoms with Crippen LogP contribution in [0.25, 0.3) is 11.0 Å². The molecule has 1 heterocycles. The minimum absolute atomic E-state index is 0.0485. The molecule has 1 amide bonds. The molecule has 5 nitrogen and oxygen atoms in total. The van der Waals surface area contributed by atoms with Crippen molar-refractivity contribution in [3.8, 4) is 0 Å². The van der Waals surface area contributed by atoms with Gasteiger partial charge in [0.15, 0.2) is 0 Å². The number of nitrogens with zero attached hydrogens (tertiary/aromatic N) is 1. The number of carbonyl (C=O) groups excluding carboxylic acids is 1. The number of carbonyl (C=O) groups is 1. The van der Waals surface area contributed by atoms with Gasteiger partial charge in [-0.05, 0) is 35.7 Å². The topological polar surface area (TPSA) is 69.8 Å². The molecule has 0 atom stereocenters. The van der Waals surface area contributed by atoms with Crippen LogP contribution in [0.2, 0.25) is 0 Å². The maximum Gasteiger partial charge on any atom is 0.224 e. The summed E-state index contributed by atoms with van der Waals surface area (Å²) in [5.41, 5.74) is 3.85. The highest BCUT2D eigenvalue weighted by molar-refractivity contribution is 5.90. The Balaban J connectivity index is 1.63. The van der Waals surface area contributed by atoms with Crippen LogP contribution in [0.4, 0.5) is 11.6 Å². The van der Waals surface area contributed by atoms with Crippen molar-refractivity contribution in [1.82, 2.24) is 9.97 Å². The molecule has 0 spiro atoms. The Kier molecular flexibility index (Phi) is 4.79. The van der Waals surface area contributed by atoms with Crippen LogP contribution in [0.1, 0.15) is 25.8 Å². The smallest absolute Gasteiger partial charge is 0.224 e. The van der Waals surface area contributed by atoms with Gasteiger partial charge in [-0.15, -0.1) is 0 Å². The summed E-state index contributed by atoms with van der Waals surface area (Å²) in [7, 11) is 0. The highest BCUT2D eigenvalue weighted by Crippen LogP contribution is 2.16.